The first-order valence-corrected chi connectivity index (χ1v) is 57.5. The van der Waals surface area contributed by atoms with Crippen LogP contribution in [0.2, 0.25) is 0 Å². The maximum Gasteiger partial charge on any atom is 0.136 e. The third-order valence-corrected chi connectivity index (χ3v) is 33.3. The van der Waals surface area contributed by atoms with Crippen molar-refractivity contribution in [3.63, 3.8) is 0 Å². The molecule has 0 aliphatic carbocycles. The van der Waals surface area contributed by atoms with Crippen LogP contribution in [0.3, 0.4) is 0 Å². The molecule has 13 aromatic carbocycles. The third kappa shape index (κ3) is 24.9. The van der Waals surface area contributed by atoms with Crippen molar-refractivity contribution in [2.75, 3.05) is 68.1 Å². The van der Waals surface area contributed by atoms with Crippen LogP contribution in [0, 0.1) is 69.7 Å². The monoisotopic (exact) mass is 2310 g/mol. The van der Waals surface area contributed by atoms with Gasteiger partial charge in [-0.25, -0.2) is 0 Å². The lowest BCUT2D eigenvalue weighted by Crippen LogP contribution is -2.07. The fourth-order valence-electron chi connectivity index (χ4n) is 21.9. The Morgan fingerprint density at radius 2 is 0.355 bits per heavy atom. The van der Waals surface area contributed by atoms with Crippen molar-refractivity contribution < 1.29 is 47.4 Å². The Bertz CT molecular complexity index is 5890. The molecule has 0 saturated carbocycles. The van der Waals surface area contributed by atoms with E-state index >= 15 is 0 Å². The zero-order valence-corrected chi connectivity index (χ0v) is 95.6. The van der Waals surface area contributed by atoms with E-state index in [0.29, 0.717) is 39.6 Å². The summed E-state index contributed by atoms with van der Waals surface area (Å²) in [4.78, 5) is 0. The summed E-state index contributed by atoms with van der Waals surface area (Å²) in [5, 5.41) is 16.8. The lowest BCUT2D eigenvalue weighted by atomic mass is 9.81. The Morgan fingerprint density at radius 3 is 0.558 bits per heavy atom. The SMILES string of the molecule is CCCCCCCCCOc1c2c(-c3c(C)cc(OCCCCCCCC)cc3C)c(I)c3cc4c(cc3c2c(OCCCCCCCCC)c2c(-c3c(C)cc(OCCCCCCCC)cc3C)c(I)c3cc5c(cc3c12)c(I)c(-c1c(C)cc(OCCCCCCCC)cc1C)c1c(OC)ccc(OC)c15)c(I)c(-c1c(C)cc(OCCCCCCCC)cc1C)c1c(OC)ccc(OC)c14. The number of methoxy groups -OCH3 is 4. The number of hydrogen-bond donors (Lipinski definition) is 0. The van der Waals surface area contributed by atoms with Crippen molar-refractivity contribution in [1.82, 2.24) is 0 Å². The Kier molecular flexibility index (Phi) is 41.9. The third-order valence-electron chi connectivity index (χ3n) is 28.8. The van der Waals surface area contributed by atoms with Crippen LogP contribution in [0.25, 0.3) is 131 Å². The van der Waals surface area contributed by atoms with E-state index in [9.17, 15) is 0 Å². The van der Waals surface area contributed by atoms with Gasteiger partial charge in [0.2, 0.25) is 0 Å². The summed E-state index contributed by atoms with van der Waals surface area (Å²) in [5.74, 6) is 8.39. The molecular weight excluding hydrogens is 2160 g/mol. The van der Waals surface area contributed by atoms with Crippen molar-refractivity contribution in [1.29, 1.82) is 0 Å². The van der Waals surface area contributed by atoms with E-state index in [0.717, 1.165) is 337 Å². The van der Waals surface area contributed by atoms with Crippen molar-refractivity contribution in [3.05, 3.63) is 156 Å². The zero-order chi connectivity index (χ0) is 98.1. The van der Waals surface area contributed by atoms with E-state index in [1.54, 1.807) is 0 Å². The normalized spacial score (nSPS) is 11.8. The van der Waals surface area contributed by atoms with Gasteiger partial charge in [0.05, 0.1) is 68.1 Å². The van der Waals surface area contributed by atoms with Gasteiger partial charge in [-0.05, 0) is 391 Å². The maximum absolute atomic E-state index is 8.44. The van der Waals surface area contributed by atoms with Crippen LogP contribution in [-0.4, -0.2) is 68.1 Å². The van der Waals surface area contributed by atoms with Crippen molar-refractivity contribution in [2.24, 2.45) is 0 Å². The molecular formula is C124H158I4O10. The molecule has 742 valence electrons. The van der Waals surface area contributed by atoms with Gasteiger partial charge in [0.15, 0.2) is 0 Å². The molecule has 0 spiro atoms. The molecule has 13 rings (SSSR count). The summed E-state index contributed by atoms with van der Waals surface area (Å²) in [7, 11) is 7.28. The van der Waals surface area contributed by atoms with Gasteiger partial charge in [0.25, 0.3) is 0 Å². The molecule has 0 aromatic heterocycles. The number of halogens is 4. The average Bonchev–Trinajstić information content (AvgIpc) is 0.678. The van der Waals surface area contributed by atoms with Crippen LogP contribution in [0.15, 0.2) is 97.1 Å². The predicted octanol–water partition coefficient (Wildman–Crippen LogP) is 39.7. The van der Waals surface area contributed by atoms with Crippen molar-refractivity contribution in [3.8, 4) is 102 Å². The summed E-state index contributed by atoms with van der Waals surface area (Å²) < 4.78 is 75.5. The van der Waals surface area contributed by atoms with E-state index < -0.39 is 0 Å². The van der Waals surface area contributed by atoms with Gasteiger partial charge in [-0.2, -0.15) is 0 Å². The highest BCUT2D eigenvalue weighted by atomic mass is 127. The summed E-state index contributed by atoms with van der Waals surface area (Å²) in [6.45, 7) is 35.8. The van der Waals surface area contributed by atoms with Crippen molar-refractivity contribution >= 4 is 177 Å². The molecule has 0 N–H and O–H groups in total. The van der Waals surface area contributed by atoms with E-state index in [1.807, 2.05) is 28.4 Å². The highest BCUT2D eigenvalue weighted by Crippen LogP contribution is 2.61. The van der Waals surface area contributed by atoms with E-state index in [2.05, 4.69) is 284 Å². The van der Waals surface area contributed by atoms with Gasteiger partial charge in [-0.15, -0.1) is 0 Å². The lowest BCUT2D eigenvalue weighted by Gasteiger charge is -2.28. The van der Waals surface area contributed by atoms with E-state index in [4.69, 9.17) is 47.4 Å². The topological polar surface area (TPSA) is 92.3 Å². The summed E-state index contributed by atoms with van der Waals surface area (Å²) in [6, 6.07) is 36.9. The Labute approximate surface area is 882 Å². The molecule has 0 aliphatic rings. The number of aryl methyl sites for hydroxylation is 8. The second-order valence-corrected chi connectivity index (χ2v) is 43.7. The van der Waals surface area contributed by atoms with Gasteiger partial charge in [0.1, 0.15) is 57.5 Å². The molecule has 0 radical (unpaired) electrons. The Morgan fingerprint density at radius 1 is 0.181 bits per heavy atom. The van der Waals surface area contributed by atoms with Gasteiger partial charge >= 0.3 is 0 Å². The number of unbranched alkanes of at least 4 members (excludes halogenated alkanes) is 32. The predicted molar refractivity (Wildman–Crippen MR) is 626 cm³/mol. The van der Waals surface area contributed by atoms with Crippen LogP contribution >= 0.6 is 90.4 Å². The number of ether oxygens (including phenoxy) is 10. The zero-order valence-electron chi connectivity index (χ0n) is 86.9. The summed E-state index contributed by atoms with van der Waals surface area (Å²) >= 11 is 11.0. The second kappa shape index (κ2) is 53.4. The summed E-state index contributed by atoms with van der Waals surface area (Å²) in [6.07, 6.45) is 44.4. The highest BCUT2D eigenvalue weighted by molar-refractivity contribution is 14.1. The van der Waals surface area contributed by atoms with Gasteiger partial charge in [-0.3, -0.25) is 0 Å². The molecule has 138 heavy (non-hydrogen) atoms. The molecule has 13 aromatic rings. The molecule has 10 nitrogen and oxygen atoms in total. The number of fused-ring (bicyclic) bond motifs is 12. The first-order chi connectivity index (χ1) is 67.2. The second-order valence-electron chi connectivity index (χ2n) is 39.4. The quantitative estimate of drug-likeness (QED) is 0.0159. The highest BCUT2D eigenvalue weighted by Gasteiger charge is 2.35. The molecule has 14 heteroatoms. The maximum atomic E-state index is 8.44. The fourth-order valence-corrected chi connectivity index (χ4v) is 25.8. The van der Waals surface area contributed by atoms with Gasteiger partial charge in [-0.1, -0.05) is 247 Å². The van der Waals surface area contributed by atoms with Crippen molar-refractivity contribution in [2.45, 2.75) is 341 Å². The summed E-state index contributed by atoms with van der Waals surface area (Å²) in [5.41, 5.74) is 18.1. The largest absolute Gasteiger partial charge is 0.496 e. The molecule has 0 saturated heterocycles. The van der Waals surface area contributed by atoms with E-state index in [-0.39, 0.29) is 0 Å². The Balaban J connectivity index is 1.25. The smallest absolute Gasteiger partial charge is 0.136 e. The van der Waals surface area contributed by atoms with Crippen LogP contribution in [0.5, 0.6) is 57.5 Å². The number of hydrogen-bond acceptors (Lipinski definition) is 10. The Hall–Kier alpha value is -7.14. The molecule has 0 unspecified atom stereocenters. The lowest BCUT2D eigenvalue weighted by molar-refractivity contribution is 0.304. The first-order valence-electron chi connectivity index (χ1n) is 53.2. The molecule has 0 atom stereocenters. The standard InChI is InChI=1S/C124H158I4O10/c1-19-25-31-37-43-49-55-65-137-123-109-93-77-95-91(107-99(129-15)57-59-101(131-17)111(107)113(119(95)125)103-79(7)67-87(68-80(103)8)133-61-51-45-39-33-27-21-3)75-97(93)122(128)116(106-85(13)73-90(74-86(106)14)136-64-54-48-42-36-30-24-6)118(109)124(138-66-56-50-44-38-32-26-20-2)110-94-78-96-92(76-98(94)121(127)115(117(110)123)105-83(11)71-89(72-84(105)12)135-63-53-47-41-35-29-23-5)108-100(130-16)58-60-102(132-18)112(108)114(120(96)126)104-81(9)69-88(70-82(104)10)134-62-52-46-40-34-28-22-4/h57-60,67-78H,19-56,61-66H2,1-18H3. The van der Waals surface area contributed by atoms with Gasteiger partial charge in [0, 0.05) is 79.6 Å². The number of benzene rings is 13. The van der Waals surface area contributed by atoms with Crippen LogP contribution in [0.1, 0.15) is 330 Å². The van der Waals surface area contributed by atoms with Crippen LogP contribution in [0.4, 0.5) is 0 Å². The molecule has 0 bridgehead atoms. The minimum Gasteiger partial charge on any atom is -0.496 e. The molecule has 0 aliphatic heterocycles. The average molecular weight is 2320 g/mol. The minimum atomic E-state index is 0.487. The minimum absolute atomic E-state index is 0.487. The van der Waals surface area contributed by atoms with Crippen LogP contribution < -0.4 is 47.4 Å². The molecule has 0 fully saturated rings. The van der Waals surface area contributed by atoms with Crippen LogP contribution in [-0.2, 0) is 0 Å². The molecule has 0 amide bonds. The number of rotatable bonds is 58. The molecule has 0 heterocycles. The fraction of sp³-hybridized carbons (Fsp3) is 0.500. The first kappa shape index (κ1) is 108. The van der Waals surface area contributed by atoms with E-state index in [1.165, 1.54) is 154 Å². The van der Waals surface area contributed by atoms with Gasteiger partial charge < -0.3 is 47.4 Å².